The van der Waals surface area contributed by atoms with Crippen molar-refractivity contribution in [2.45, 2.75) is 19.6 Å². The van der Waals surface area contributed by atoms with Crippen LogP contribution < -0.4 is 15.1 Å². The molecule has 2 fully saturated rings. The highest BCUT2D eigenvalue weighted by molar-refractivity contribution is 6.07. The molecule has 2 aliphatic heterocycles. The monoisotopic (exact) mass is 462 g/mol. The zero-order chi connectivity index (χ0) is 23.7. The first kappa shape index (κ1) is 22.3. The number of rotatable bonds is 7. The van der Waals surface area contributed by atoms with E-state index in [-0.39, 0.29) is 6.10 Å². The van der Waals surface area contributed by atoms with E-state index >= 15 is 0 Å². The van der Waals surface area contributed by atoms with Crippen LogP contribution in [0.3, 0.4) is 0 Å². The number of aryl methyl sites for hydroxylation is 1. The number of ether oxygens (including phenoxy) is 1. The number of hydrogen-bond donors (Lipinski definition) is 3. The van der Waals surface area contributed by atoms with Crippen molar-refractivity contribution in [3.63, 3.8) is 0 Å². The molecule has 1 aromatic carbocycles. The Kier molecular flexibility index (Phi) is 6.16. The molecular formula is C24H30N8O2. The normalized spacial score (nSPS) is 16.9. The number of allylic oxidation sites excluding steroid dienone is 1. The lowest BCUT2D eigenvalue weighted by atomic mass is 10.1. The summed E-state index contributed by atoms with van der Waals surface area (Å²) in [5, 5.41) is 21.1. The number of aliphatic hydroxyl groups excluding tert-OH is 1. The summed E-state index contributed by atoms with van der Waals surface area (Å²) in [6.45, 7) is 6.69. The second-order valence-corrected chi connectivity index (χ2v) is 8.47. The van der Waals surface area contributed by atoms with Crippen molar-refractivity contribution in [1.82, 2.24) is 24.8 Å². The van der Waals surface area contributed by atoms with Crippen molar-refractivity contribution in [2.75, 3.05) is 56.2 Å². The van der Waals surface area contributed by atoms with Gasteiger partial charge in [0.15, 0.2) is 22.8 Å². The summed E-state index contributed by atoms with van der Waals surface area (Å²) < 4.78 is 7.66. The number of anilines is 2. The standard InChI is InChI=1S/C24H30N8O2/c1-3-32-23-20(27-24(32)31-14-18(33)15-31)22(30-9-11-34-12-10-30)28-21(29-23)17-6-4-5-16(13-17)19(25)7-8-26-2/h4-8,13,18,25-26,33H,3,9-12,14-15H2,1-2H3/b8-7-,25-19?. The van der Waals surface area contributed by atoms with Gasteiger partial charge in [-0.3, -0.25) is 4.57 Å². The van der Waals surface area contributed by atoms with Crippen molar-refractivity contribution in [2.24, 2.45) is 0 Å². The second kappa shape index (κ2) is 9.40. The summed E-state index contributed by atoms with van der Waals surface area (Å²) in [5.41, 5.74) is 3.59. The van der Waals surface area contributed by atoms with E-state index in [1.54, 1.807) is 12.3 Å². The molecule has 0 radical (unpaired) electrons. The molecule has 3 N–H and O–H groups in total. The van der Waals surface area contributed by atoms with E-state index in [4.69, 9.17) is 25.1 Å². The Labute approximate surface area is 198 Å². The number of hydrogen-bond acceptors (Lipinski definition) is 9. The second-order valence-electron chi connectivity index (χ2n) is 8.47. The van der Waals surface area contributed by atoms with Crippen LogP contribution >= 0.6 is 0 Å². The molecule has 0 bridgehead atoms. The number of aliphatic hydroxyl groups is 1. The van der Waals surface area contributed by atoms with Gasteiger partial charge < -0.3 is 30.4 Å². The Bertz CT molecular complexity index is 1230. The van der Waals surface area contributed by atoms with Crippen molar-refractivity contribution < 1.29 is 9.84 Å². The number of nitrogens with zero attached hydrogens (tertiary/aromatic N) is 6. The highest BCUT2D eigenvalue weighted by Crippen LogP contribution is 2.32. The molecule has 0 amide bonds. The number of benzene rings is 1. The Morgan fingerprint density at radius 3 is 2.71 bits per heavy atom. The third-order valence-corrected chi connectivity index (χ3v) is 6.18. The number of nitrogens with one attached hydrogen (secondary N) is 2. The zero-order valence-electron chi connectivity index (χ0n) is 19.5. The molecule has 34 heavy (non-hydrogen) atoms. The van der Waals surface area contributed by atoms with Gasteiger partial charge in [0.25, 0.3) is 0 Å². The first-order valence-corrected chi connectivity index (χ1v) is 11.7. The molecule has 0 aliphatic carbocycles. The lowest BCUT2D eigenvalue weighted by Gasteiger charge is -2.36. The van der Waals surface area contributed by atoms with E-state index in [0.29, 0.717) is 44.4 Å². The topological polar surface area (TPSA) is 115 Å². The highest BCUT2D eigenvalue weighted by Gasteiger charge is 2.31. The number of fused-ring (bicyclic) bond motifs is 1. The summed E-state index contributed by atoms with van der Waals surface area (Å²) >= 11 is 0. The van der Waals surface area contributed by atoms with Crippen LogP contribution in [-0.4, -0.2) is 82.9 Å². The minimum absolute atomic E-state index is 0.319. The van der Waals surface area contributed by atoms with E-state index in [1.807, 2.05) is 31.3 Å². The van der Waals surface area contributed by atoms with Crippen molar-refractivity contribution in [1.29, 1.82) is 5.41 Å². The highest BCUT2D eigenvalue weighted by atomic mass is 16.5. The van der Waals surface area contributed by atoms with Gasteiger partial charge in [0.2, 0.25) is 5.95 Å². The maximum absolute atomic E-state index is 9.84. The van der Waals surface area contributed by atoms with Gasteiger partial charge in [0, 0.05) is 50.9 Å². The van der Waals surface area contributed by atoms with Gasteiger partial charge in [-0.2, -0.15) is 0 Å². The SMILES string of the molecule is CCn1c(N2CC(O)C2)nc2c(N3CCOCC3)nc(-c3cccc(C(=N)/C=C\NC)c3)nc21. The molecule has 0 spiro atoms. The molecule has 5 rings (SSSR count). The molecular weight excluding hydrogens is 432 g/mol. The molecule has 178 valence electrons. The molecule has 3 aromatic rings. The van der Waals surface area contributed by atoms with Crippen LogP contribution in [0.25, 0.3) is 22.6 Å². The van der Waals surface area contributed by atoms with Crippen molar-refractivity contribution >= 4 is 28.6 Å². The van der Waals surface area contributed by atoms with Gasteiger partial charge in [0.05, 0.1) is 25.0 Å². The van der Waals surface area contributed by atoms with Gasteiger partial charge in [-0.05, 0) is 25.3 Å². The van der Waals surface area contributed by atoms with Crippen LogP contribution in [0.5, 0.6) is 0 Å². The number of aromatic nitrogens is 4. The van der Waals surface area contributed by atoms with Gasteiger partial charge in [0.1, 0.15) is 0 Å². The van der Waals surface area contributed by atoms with Crippen LogP contribution in [0.1, 0.15) is 12.5 Å². The average molecular weight is 463 g/mol. The zero-order valence-corrected chi connectivity index (χ0v) is 19.5. The molecule has 10 nitrogen and oxygen atoms in total. The predicted molar refractivity (Wildman–Crippen MR) is 133 cm³/mol. The van der Waals surface area contributed by atoms with E-state index in [2.05, 4.69) is 26.6 Å². The summed E-state index contributed by atoms with van der Waals surface area (Å²) in [7, 11) is 1.81. The first-order valence-electron chi connectivity index (χ1n) is 11.7. The first-order chi connectivity index (χ1) is 16.6. The molecule has 0 unspecified atom stereocenters. The average Bonchev–Trinajstić information content (AvgIpc) is 3.23. The fourth-order valence-electron chi connectivity index (χ4n) is 4.34. The summed E-state index contributed by atoms with van der Waals surface area (Å²) in [4.78, 5) is 19.2. The smallest absolute Gasteiger partial charge is 0.208 e. The quantitative estimate of drug-likeness (QED) is 0.454. The minimum Gasteiger partial charge on any atom is -0.394 e. The van der Waals surface area contributed by atoms with Crippen molar-refractivity contribution in [3.8, 4) is 11.4 Å². The van der Waals surface area contributed by atoms with Gasteiger partial charge in [-0.25, -0.2) is 15.0 Å². The Hall–Kier alpha value is -3.50. The summed E-state index contributed by atoms with van der Waals surface area (Å²) in [6, 6.07) is 7.77. The van der Waals surface area contributed by atoms with Crippen LogP contribution in [0.15, 0.2) is 36.5 Å². The number of morpholine rings is 1. The van der Waals surface area contributed by atoms with E-state index in [1.165, 1.54) is 0 Å². The van der Waals surface area contributed by atoms with E-state index in [9.17, 15) is 5.11 Å². The number of imidazole rings is 1. The van der Waals surface area contributed by atoms with E-state index < -0.39 is 0 Å². The van der Waals surface area contributed by atoms with Crippen LogP contribution in [-0.2, 0) is 11.3 Å². The summed E-state index contributed by atoms with van der Waals surface area (Å²) in [5.74, 6) is 2.22. The molecule has 2 aliphatic rings. The fraction of sp³-hybridized carbons (Fsp3) is 0.417. The van der Waals surface area contributed by atoms with Gasteiger partial charge in [-0.1, -0.05) is 18.2 Å². The fourth-order valence-corrected chi connectivity index (χ4v) is 4.34. The molecule has 10 heteroatoms. The molecule has 2 aromatic heterocycles. The lowest BCUT2D eigenvalue weighted by molar-refractivity contribution is 0.122. The molecule has 0 atom stereocenters. The van der Waals surface area contributed by atoms with Crippen LogP contribution in [0.4, 0.5) is 11.8 Å². The summed E-state index contributed by atoms with van der Waals surface area (Å²) in [6.07, 6.45) is 3.14. The van der Waals surface area contributed by atoms with Gasteiger partial charge >= 0.3 is 0 Å². The number of β-amino-alcohol motifs (C(OH)–C–C–N with tert-alkyl or cyclic N) is 1. The van der Waals surface area contributed by atoms with Crippen LogP contribution in [0, 0.1) is 5.41 Å². The largest absolute Gasteiger partial charge is 0.394 e. The Morgan fingerprint density at radius 2 is 2.00 bits per heavy atom. The maximum Gasteiger partial charge on any atom is 0.208 e. The van der Waals surface area contributed by atoms with Gasteiger partial charge in [-0.15, -0.1) is 0 Å². The van der Waals surface area contributed by atoms with E-state index in [0.717, 1.165) is 47.1 Å². The van der Waals surface area contributed by atoms with Crippen LogP contribution in [0.2, 0.25) is 0 Å². The Balaban J connectivity index is 1.64. The lowest BCUT2D eigenvalue weighted by Crippen LogP contribution is -2.51. The van der Waals surface area contributed by atoms with Crippen molar-refractivity contribution in [3.05, 3.63) is 42.1 Å². The molecule has 0 saturated carbocycles. The third-order valence-electron chi connectivity index (χ3n) is 6.18. The third kappa shape index (κ3) is 4.10. The maximum atomic E-state index is 9.84. The molecule has 4 heterocycles. The predicted octanol–water partition coefficient (Wildman–Crippen LogP) is 1.63. The Morgan fingerprint density at radius 1 is 1.21 bits per heavy atom. The molecule has 2 saturated heterocycles. The minimum atomic E-state index is -0.319.